The van der Waals surface area contributed by atoms with Gasteiger partial charge >= 0.3 is 6.61 Å². The van der Waals surface area contributed by atoms with Gasteiger partial charge in [-0.25, -0.2) is 4.39 Å². The van der Waals surface area contributed by atoms with Crippen LogP contribution in [0.4, 0.5) is 13.2 Å². The Bertz CT molecular complexity index is 1220. The summed E-state index contributed by atoms with van der Waals surface area (Å²) in [5.74, 6) is 0.747. The summed E-state index contributed by atoms with van der Waals surface area (Å²) in [5, 5.41) is 1.43. The molecule has 0 unspecified atom stereocenters. The highest BCUT2D eigenvalue weighted by Crippen LogP contribution is 2.29. The van der Waals surface area contributed by atoms with Gasteiger partial charge in [0.1, 0.15) is 17.3 Å². The van der Waals surface area contributed by atoms with Crippen LogP contribution >= 0.6 is 0 Å². The molecule has 176 valence electrons. The lowest BCUT2D eigenvalue weighted by Gasteiger charge is -2.10. The van der Waals surface area contributed by atoms with Crippen LogP contribution in [0.15, 0.2) is 78.9 Å². The molecule has 4 rings (SSSR count). The second-order valence-corrected chi connectivity index (χ2v) is 8.22. The van der Waals surface area contributed by atoms with Gasteiger partial charge in [0.05, 0.1) is 6.61 Å². The van der Waals surface area contributed by atoms with E-state index < -0.39 is 6.61 Å². The molecule has 0 aliphatic rings. The summed E-state index contributed by atoms with van der Waals surface area (Å²) in [6.07, 6.45) is 3.24. The summed E-state index contributed by atoms with van der Waals surface area (Å²) in [6.45, 7) is 0.000881. The average Bonchev–Trinajstić information content (AvgIpc) is 2.85. The van der Waals surface area contributed by atoms with Crippen molar-refractivity contribution in [2.75, 3.05) is 6.61 Å². The van der Waals surface area contributed by atoms with Crippen molar-refractivity contribution in [1.29, 1.82) is 0 Å². The van der Waals surface area contributed by atoms with Gasteiger partial charge in [-0.15, -0.1) is 0 Å². The molecule has 5 heteroatoms. The van der Waals surface area contributed by atoms with Crippen LogP contribution in [0.3, 0.4) is 0 Å². The summed E-state index contributed by atoms with van der Waals surface area (Å²) in [4.78, 5) is 0. The number of hydrogen-bond acceptors (Lipinski definition) is 2. The first-order chi connectivity index (χ1) is 16.5. The van der Waals surface area contributed by atoms with Gasteiger partial charge in [0.2, 0.25) is 0 Å². The Morgan fingerprint density at radius 1 is 0.765 bits per heavy atom. The van der Waals surface area contributed by atoms with E-state index in [9.17, 15) is 8.78 Å². The maximum absolute atomic E-state index is 15.2. The van der Waals surface area contributed by atoms with Gasteiger partial charge in [-0.1, -0.05) is 61.9 Å². The number of hydrogen-bond donors (Lipinski definition) is 0. The largest absolute Gasteiger partial charge is 0.494 e. The molecule has 4 aromatic carbocycles. The molecule has 0 atom stereocenters. The molecule has 0 saturated heterocycles. The van der Waals surface area contributed by atoms with Crippen molar-refractivity contribution >= 4 is 10.8 Å². The Morgan fingerprint density at radius 2 is 1.47 bits per heavy atom. The SMILES string of the molecule is CCCCOc1ccc(-c2ccc3c(F)c(CCc4ccc(OC(F)F)cc4)ccc3c2)cc1. The van der Waals surface area contributed by atoms with Crippen LogP contribution in [0.1, 0.15) is 30.9 Å². The highest BCUT2D eigenvalue weighted by molar-refractivity contribution is 5.88. The summed E-state index contributed by atoms with van der Waals surface area (Å²) >= 11 is 0. The third-order valence-electron chi connectivity index (χ3n) is 5.82. The van der Waals surface area contributed by atoms with Crippen molar-refractivity contribution in [1.82, 2.24) is 0 Å². The lowest BCUT2D eigenvalue weighted by atomic mass is 9.97. The molecule has 2 nitrogen and oxygen atoms in total. The van der Waals surface area contributed by atoms with E-state index in [1.165, 1.54) is 12.1 Å². The van der Waals surface area contributed by atoms with Gasteiger partial charge in [0.25, 0.3) is 0 Å². The van der Waals surface area contributed by atoms with Gasteiger partial charge in [-0.05, 0) is 77.2 Å². The van der Waals surface area contributed by atoms with Crippen LogP contribution in [0.5, 0.6) is 11.5 Å². The number of rotatable bonds is 10. The zero-order valence-electron chi connectivity index (χ0n) is 19.1. The van der Waals surface area contributed by atoms with Crippen molar-refractivity contribution in [2.45, 2.75) is 39.2 Å². The maximum atomic E-state index is 15.2. The molecule has 0 heterocycles. The highest BCUT2D eigenvalue weighted by atomic mass is 19.3. The number of fused-ring (bicyclic) bond motifs is 1. The second kappa shape index (κ2) is 11.1. The Morgan fingerprint density at radius 3 is 2.18 bits per heavy atom. The van der Waals surface area contributed by atoms with Crippen molar-refractivity contribution < 1.29 is 22.6 Å². The zero-order chi connectivity index (χ0) is 23.9. The van der Waals surface area contributed by atoms with E-state index in [0.29, 0.717) is 30.4 Å². The molecule has 0 radical (unpaired) electrons. The van der Waals surface area contributed by atoms with Crippen LogP contribution in [-0.2, 0) is 12.8 Å². The Kier molecular flexibility index (Phi) is 7.73. The minimum absolute atomic E-state index is 0.116. The molecule has 0 N–H and O–H groups in total. The fourth-order valence-electron chi connectivity index (χ4n) is 3.90. The van der Waals surface area contributed by atoms with E-state index in [0.717, 1.165) is 40.7 Å². The Balaban J connectivity index is 1.45. The zero-order valence-corrected chi connectivity index (χ0v) is 19.1. The first-order valence-electron chi connectivity index (χ1n) is 11.5. The average molecular weight is 465 g/mol. The van der Waals surface area contributed by atoms with Crippen molar-refractivity contribution in [3.63, 3.8) is 0 Å². The smallest absolute Gasteiger partial charge is 0.387 e. The summed E-state index contributed by atoms with van der Waals surface area (Å²) in [6, 6.07) is 23.9. The minimum Gasteiger partial charge on any atom is -0.494 e. The second-order valence-electron chi connectivity index (χ2n) is 8.22. The molecule has 0 amide bonds. The van der Waals surface area contributed by atoms with E-state index in [1.807, 2.05) is 54.6 Å². The summed E-state index contributed by atoms with van der Waals surface area (Å²) in [5.41, 5.74) is 3.62. The monoisotopic (exact) mass is 464 g/mol. The first kappa shape index (κ1) is 23.7. The van der Waals surface area contributed by atoms with Crippen molar-refractivity contribution in [3.8, 4) is 22.6 Å². The number of benzene rings is 4. The molecule has 0 fully saturated rings. The van der Waals surface area contributed by atoms with Gasteiger partial charge in [0, 0.05) is 5.39 Å². The van der Waals surface area contributed by atoms with Gasteiger partial charge in [-0.3, -0.25) is 0 Å². The van der Waals surface area contributed by atoms with Gasteiger partial charge in [0.15, 0.2) is 0 Å². The number of ether oxygens (including phenoxy) is 2. The molecule has 0 spiro atoms. The Labute approximate surface area is 198 Å². The van der Waals surface area contributed by atoms with Gasteiger partial charge < -0.3 is 9.47 Å². The number of unbranched alkanes of at least 4 members (excludes halogenated alkanes) is 1. The number of alkyl halides is 2. The molecule has 0 aliphatic carbocycles. The third kappa shape index (κ3) is 5.90. The lowest BCUT2D eigenvalue weighted by Crippen LogP contribution is -2.02. The molecular formula is C29H27F3O2. The standard InChI is InChI=1S/C29H27F3O2/c1-2-3-18-33-25-15-10-21(11-16-25)23-12-17-27-24(19-23)9-8-22(28(27)30)7-4-20-5-13-26(14-6-20)34-29(31)32/h5-6,8-17,19,29H,2-4,7,18H2,1H3. The highest BCUT2D eigenvalue weighted by Gasteiger charge is 2.10. The van der Waals surface area contributed by atoms with Gasteiger partial charge in [-0.2, -0.15) is 8.78 Å². The molecular weight excluding hydrogens is 437 g/mol. The van der Waals surface area contributed by atoms with E-state index in [1.54, 1.807) is 12.1 Å². The van der Waals surface area contributed by atoms with E-state index in [2.05, 4.69) is 11.7 Å². The summed E-state index contributed by atoms with van der Waals surface area (Å²) in [7, 11) is 0. The molecule has 4 aromatic rings. The molecule has 0 aliphatic heterocycles. The maximum Gasteiger partial charge on any atom is 0.387 e. The van der Waals surface area contributed by atoms with E-state index in [4.69, 9.17) is 4.74 Å². The molecule has 34 heavy (non-hydrogen) atoms. The number of halogens is 3. The van der Waals surface area contributed by atoms with Crippen LogP contribution in [-0.4, -0.2) is 13.2 Å². The fourth-order valence-corrected chi connectivity index (χ4v) is 3.90. The normalized spacial score (nSPS) is 11.2. The Hall–Kier alpha value is -3.47. The minimum atomic E-state index is -2.85. The lowest BCUT2D eigenvalue weighted by molar-refractivity contribution is -0.0498. The van der Waals surface area contributed by atoms with Crippen LogP contribution < -0.4 is 9.47 Å². The van der Waals surface area contributed by atoms with Crippen molar-refractivity contribution in [3.05, 3.63) is 95.8 Å². The van der Waals surface area contributed by atoms with E-state index in [-0.39, 0.29) is 11.6 Å². The first-order valence-corrected chi connectivity index (χ1v) is 11.5. The van der Waals surface area contributed by atoms with Crippen molar-refractivity contribution in [2.24, 2.45) is 0 Å². The quantitative estimate of drug-likeness (QED) is 0.220. The van der Waals surface area contributed by atoms with Crippen LogP contribution in [0, 0.1) is 5.82 Å². The molecule has 0 aromatic heterocycles. The molecule has 0 saturated carbocycles. The van der Waals surface area contributed by atoms with Crippen LogP contribution in [0.25, 0.3) is 21.9 Å². The predicted molar refractivity (Wildman–Crippen MR) is 130 cm³/mol. The predicted octanol–water partition coefficient (Wildman–Crippen LogP) is 8.21. The molecule has 0 bridgehead atoms. The van der Waals surface area contributed by atoms with E-state index >= 15 is 4.39 Å². The number of aryl methyl sites for hydroxylation is 2. The third-order valence-corrected chi connectivity index (χ3v) is 5.82. The van der Waals surface area contributed by atoms with Crippen LogP contribution in [0.2, 0.25) is 0 Å². The fraction of sp³-hybridized carbons (Fsp3) is 0.241. The summed E-state index contributed by atoms with van der Waals surface area (Å²) < 4.78 is 49.9. The topological polar surface area (TPSA) is 18.5 Å².